The molecule has 1 aliphatic carbocycles. The second kappa shape index (κ2) is 10.5. The van der Waals surface area contributed by atoms with Crippen molar-refractivity contribution in [2.75, 3.05) is 0 Å². The Labute approximate surface area is 267 Å². The van der Waals surface area contributed by atoms with Crippen molar-refractivity contribution in [3.63, 3.8) is 0 Å². The van der Waals surface area contributed by atoms with Gasteiger partial charge in [0.1, 0.15) is 0 Å². The highest BCUT2D eigenvalue weighted by Crippen LogP contribution is 2.39. The van der Waals surface area contributed by atoms with E-state index in [2.05, 4.69) is 149 Å². The zero-order valence-corrected chi connectivity index (χ0v) is 25.2. The zero-order chi connectivity index (χ0) is 30.6. The highest BCUT2D eigenvalue weighted by atomic mass is 15.0. The first-order valence-corrected chi connectivity index (χ1v) is 15.8. The average molecular weight is 588 g/mol. The van der Waals surface area contributed by atoms with Gasteiger partial charge in [-0.3, -0.25) is 0 Å². The Kier molecular flexibility index (Phi) is 6.01. The molecule has 46 heavy (non-hydrogen) atoms. The molecule has 0 aliphatic heterocycles. The second-order valence-corrected chi connectivity index (χ2v) is 12.0. The quantitative estimate of drug-likeness (QED) is 0.202. The predicted octanol–water partition coefficient (Wildman–Crippen LogP) is 11.1. The molecule has 1 aliphatic rings. The predicted molar refractivity (Wildman–Crippen MR) is 192 cm³/mol. The minimum atomic E-state index is 0.696. The second-order valence-electron chi connectivity index (χ2n) is 12.0. The van der Waals surface area contributed by atoms with Crippen LogP contribution in [-0.4, -0.2) is 9.13 Å². The summed E-state index contributed by atoms with van der Waals surface area (Å²) in [7, 11) is 0. The summed E-state index contributed by atoms with van der Waals surface area (Å²) in [4.78, 5) is 0. The van der Waals surface area contributed by atoms with Gasteiger partial charge in [0.05, 0.1) is 33.7 Å². The van der Waals surface area contributed by atoms with Crippen molar-refractivity contribution in [3.05, 3.63) is 163 Å². The van der Waals surface area contributed by atoms with Gasteiger partial charge >= 0.3 is 0 Å². The molecule has 0 bridgehead atoms. The third kappa shape index (κ3) is 4.12. The molecule has 0 fully saturated rings. The maximum Gasteiger partial charge on any atom is 0.0991 e. The van der Waals surface area contributed by atoms with Crippen molar-refractivity contribution >= 4 is 54.9 Å². The van der Waals surface area contributed by atoms with Gasteiger partial charge < -0.3 is 9.13 Å². The fourth-order valence-corrected chi connectivity index (χ4v) is 7.30. The molecule has 3 heteroatoms. The minimum Gasteiger partial charge on any atom is -0.310 e. The van der Waals surface area contributed by atoms with Crippen LogP contribution in [-0.2, 0) is 0 Å². The Morgan fingerprint density at radius 2 is 1.11 bits per heavy atom. The largest absolute Gasteiger partial charge is 0.310 e. The number of benzene rings is 6. The van der Waals surface area contributed by atoms with Gasteiger partial charge in [-0.05, 0) is 102 Å². The van der Waals surface area contributed by atoms with Crippen molar-refractivity contribution in [3.8, 4) is 22.9 Å². The number of hydrogen-bond acceptors (Lipinski definition) is 1. The van der Waals surface area contributed by atoms with E-state index in [1.807, 2.05) is 18.2 Å². The van der Waals surface area contributed by atoms with Gasteiger partial charge in [-0.2, -0.15) is 5.26 Å². The van der Waals surface area contributed by atoms with E-state index in [-0.39, 0.29) is 0 Å². The third-order valence-corrected chi connectivity index (χ3v) is 9.40. The van der Waals surface area contributed by atoms with Crippen LogP contribution in [0.3, 0.4) is 0 Å². The van der Waals surface area contributed by atoms with Crippen LogP contribution in [0.25, 0.3) is 71.7 Å². The van der Waals surface area contributed by atoms with Crippen molar-refractivity contribution < 1.29 is 0 Å². The standard InChI is InChI=1S/C43H29N3/c44-28-29-10-8-11-30(24-29)31-12-9-15-35(25-31)46-41-19-7-5-17-37(41)39-27-33(21-23-43(39)46)32-20-22-42-38(26-32)36-16-4-6-18-40(36)45(42)34-13-2-1-3-14-34/h1-8,10-11,13-27H,9,12H2. The molecular weight excluding hydrogens is 558 g/mol. The van der Waals surface area contributed by atoms with Gasteiger partial charge in [-0.25, -0.2) is 0 Å². The van der Waals surface area contributed by atoms with E-state index in [1.165, 1.54) is 71.7 Å². The van der Waals surface area contributed by atoms with E-state index < -0.39 is 0 Å². The summed E-state index contributed by atoms with van der Waals surface area (Å²) in [5.74, 6) is 0. The van der Waals surface area contributed by atoms with Crippen molar-refractivity contribution in [2.24, 2.45) is 0 Å². The lowest BCUT2D eigenvalue weighted by atomic mass is 9.95. The minimum absolute atomic E-state index is 0.696. The lowest BCUT2D eigenvalue weighted by Gasteiger charge is -2.17. The van der Waals surface area contributed by atoms with E-state index in [0.29, 0.717) is 5.56 Å². The van der Waals surface area contributed by atoms with Gasteiger partial charge in [0.2, 0.25) is 0 Å². The van der Waals surface area contributed by atoms with Crippen LogP contribution in [0.2, 0.25) is 0 Å². The normalized spacial score (nSPS) is 13.3. The van der Waals surface area contributed by atoms with Crippen molar-refractivity contribution in [1.29, 1.82) is 5.26 Å². The number of fused-ring (bicyclic) bond motifs is 6. The molecule has 0 saturated heterocycles. The monoisotopic (exact) mass is 587 g/mol. The number of hydrogen-bond donors (Lipinski definition) is 0. The molecule has 8 aromatic rings. The first kappa shape index (κ1) is 26.3. The molecule has 6 aromatic carbocycles. The molecule has 0 N–H and O–H groups in total. The smallest absolute Gasteiger partial charge is 0.0991 e. The summed E-state index contributed by atoms with van der Waals surface area (Å²) in [5, 5.41) is 14.5. The fourth-order valence-electron chi connectivity index (χ4n) is 7.30. The van der Waals surface area contributed by atoms with Crippen LogP contribution in [0.15, 0.2) is 152 Å². The van der Waals surface area contributed by atoms with Crippen LogP contribution in [0, 0.1) is 11.3 Å². The number of allylic oxidation sites excluding steroid dienone is 4. The SMILES string of the molecule is N#Cc1cccc(C2=CC(n3c4ccccc4c4cc(-c5ccc6c(c5)c5ccccc5n6-c5ccccc5)ccc43)=CCC2)c1. The zero-order valence-electron chi connectivity index (χ0n) is 25.2. The van der Waals surface area contributed by atoms with E-state index in [4.69, 9.17) is 0 Å². The van der Waals surface area contributed by atoms with Crippen LogP contribution >= 0.6 is 0 Å². The number of aromatic nitrogens is 2. The van der Waals surface area contributed by atoms with E-state index in [1.54, 1.807) is 0 Å². The van der Waals surface area contributed by atoms with Crippen LogP contribution < -0.4 is 0 Å². The van der Waals surface area contributed by atoms with Gasteiger partial charge in [0.25, 0.3) is 0 Å². The highest BCUT2D eigenvalue weighted by molar-refractivity contribution is 6.13. The summed E-state index contributed by atoms with van der Waals surface area (Å²) in [6.45, 7) is 0. The lowest BCUT2D eigenvalue weighted by molar-refractivity contribution is 1.03. The molecule has 2 heterocycles. The molecule has 0 unspecified atom stereocenters. The highest BCUT2D eigenvalue weighted by Gasteiger charge is 2.18. The van der Waals surface area contributed by atoms with Crippen LogP contribution in [0.4, 0.5) is 0 Å². The fraction of sp³-hybridized carbons (Fsp3) is 0.0465. The Morgan fingerprint density at radius 1 is 0.500 bits per heavy atom. The molecule has 0 saturated carbocycles. The number of para-hydroxylation sites is 3. The molecule has 216 valence electrons. The molecule has 0 spiro atoms. The van der Waals surface area contributed by atoms with Gasteiger partial charge in [0, 0.05) is 32.9 Å². The number of nitriles is 1. The maximum atomic E-state index is 9.47. The molecule has 0 amide bonds. The summed E-state index contributed by atoms with van der Waals surface area (Å²) >= 11 is 0. The summed E-state index contributed by atoms with van der Waals surface area (Å²) in [6.07, 6.45) is 6.56. The Hall–Kier alpha value is -6.11. The van der Waals surface area contributed by atoms with E-state index >= 15 is 0 Å². The number of nitrogens with zero attached hydrogens (tertiary/aromatic N) is 3. The van der Waals surface area contributed by atoms with Crippen molar-refractivity contribution in [1.82, 2.24) is 9.13 Å². The molecule has 0 atom stereocenters. The molecular formula is C43H29N3. The summed E-state index contributed by atoms with van der Waals surface area (Å²) in [5.41, 5.74) is 12.7. The van der Waals surface area contributed by atoms with Crippen LogP contribution in [0.5, 0.6) is 0 Å². The average Bonchev–Trinajstić information content (AvgIpc) is 3.64. The molecule has 0 radical (unpaired) electrons. The molecule has 9 rings (SSSR count). The maximum absolute atomic E-state index is 9.47. The van der Waals surface area contributed by atoms with Gasteiger partial charge in [-0.1, -0.05) is 84.9 Å². The third-order valence-electron chi connectivity index (χ3n) is 9.40. The Morgan fingerprint density at radius 3 is 1.80 bits per heavy atom. The Balaban J connectivity index is 1.20. The van der Waals surface area contributed by atoms with Gasteiger partial charge in [-0.15, -0.1) is 0 Å². The topological polar surface area (TPSA) is 33.6 Å². The molecule has 3 nitrogen and oxygen atoms in total. The summed E-state index contributed by atoms with van der Waals surface area (Å²) in [6, 6.07) is 52.0. The number of rotatable bonds is 4. The van der Waals surface area contributed by atoms with E-state index in [0.717, 1.165) is 18.4 Å². The van der Waals surface area contributed by atoms with Crippen molar-refractivity contribution in [2.45, 2.75) is 12.8 Å². The summed E-state index contributed by atoms with van der Waals surface area (Å²) < 4.78 is 4.76. The first-order chi connectivity index (χ1) is 22.8. The molecule has 2 aromatic heterocycles. The van der Waals surface area contributed by atoms with E-state index in [9.17, 15) is 5.26 Å². The lowest BCUT2D eigenvalue weighted by Crippen LogP contribution is -2.00. The van der Waals surface area contributed by atoms with Gasteiger partial charge in [0.15, 0.2) is 0 Å². The van der Waals surface area contributed by atoms with Crippen LogP contribution in [0.1, 0.15) is 24.0 Å². The first-order valence-electron chi connectivity index (χ1n) is 15.8. The Bertz CT molecular complexity index is 2590.